The van der Waals surface area contributed by atoms with Crippen molar-refractivity contribution >= 4 is 0 Å². The summed E-state index contributed by atoms with van der Waals surface area (Å²) in [6.07, 6.45) is -12.2. The van der Waals surface area contributed by atoms with E-state index in [9.17, 15) is 30.6 Å². The number of hydrogen-bond acceptors (Lipinski definition) is 11. The van der Waals surface area contributed by atoms with Crippen LogP contribution in [0.2, 0.25) is 0 Å². The minimum Gasteiger partial charge on any atom is -0.394 e. The van der Waals surface area contributed by atoms with Gasteiger partial charge in [-0.25, -0.2) is 0 Å². The molecule has 2 rings (SSSR count). The Hall–Kier alpha value is -0.440. The highest BCUT2D eigenvalue weighted by atomic mass is 16.7. The van der Waals surface area contributed by atoms with Gasteiger partial charge in [0.15, 0.2) is 6.29 Å². The molecule has 23 heavy (non-hydrogen) atoms. The third-order valence-electron chi connectivity index (χ3n) is 4.04. The van der Waals surface area contributed by atoms with E-state index in [1.165, 1.54) is 0 Å². The number of ether oxygens (including phenoxy) is 3. The minimum atomic E-state index is -2.37. The molecule has 11 heteroatoms. The largest absolute Gasteiger partial charge is 0.394 e. The van der Waals surface area contributed by atoms with Crippen LogP contribution in [0.25, 0.3) is 0 Å². The van der Waals surface area contributed by atoms with Gasteiger partial charge in [0.2, 0.25) is 5.79 Å². The van der Waals surface area contributed by atoms with Gasteiger partial charge in [-0.05, 0) is 0 Å². The van der Waals surface area contributed by atoms with E-state index in [4.69, 9.17) is 24.4 Å². The highest BCUT2D eigenvalue weighted by molar-refractivity contribution is 4.98. The third-order valence-corrected chi connectivity index (χ3v) is 4.04. The molecule has 2 saturated heterocycles. The molecule has 0 aromatic carbocycles. The van der Waals surface area contributed by atoms with Crippen LogP contribution < -0.4 is 0 Å². The van der Waals surface area contributed by atoms with Crippen molar-refractivity contribution in [1.29, 1.82) is 0 Å². The topological polar surface area (TPSA) is 190 Å². The zero-order chi connectivity index (χ0) is 17.4. The summed E-state index contributed by atoms with van der Waals surface area (Å²) in [5.41, 5.74) is 0. The summed E-state index contributed by atoms with van der Waals surface area (Å²) in [5, 5.41) is 76.5. The van der Waals surface area contributed by atoms with Crippen LogP contribution in [0, 0.1) is 0 Å². The van der Waals surface area contributed by atoms with E-state index in [1.807, 2.05) is 0 Å². The van der Waals surface area contributed by atoms with Gasteiger partial charge in [0, 0.05) is 0 Å². The highest BCUT2D eigenvalue weighted by Gasteiger charge is 2.56. The molecule has 2 fully saturated rings. The lowest BCUT2D eigenvalue weighted by Gasteiger charge is -2.41. The van der Waals surface area contributed by atoms with E-state index in [1.54, 1.807) is 0 Å². The van der Waals surface area contributed by atoms with E-state index >= 15 is 0 Å². The van der Waals surface area contributed by atoms with Crippen molar-refractivity contribution in [2.45, 2.75) is 54.8 Å². The predicted molar refractivity (Wildman–Crippen MR) is 68.6 cm³/mol. The molecule has 0 radical (unpaired) electrons. The van der Waals surface area contributed by atoms with Crippen LogP contribution in [0.4, 0.5) is 0 Å². The standard InChI is InChI=1S/C12H22O11/c13-1-4-6(16)7(17)8(18)11(21-4)22-9-5(2-14)23-12(20,3-15)10(9)19/h4-11,13-20H,1-3H2/t4?,5-,6+,7+,8?,9+,10+,11+,12-/m1/s1. The average Bonchev–Trinajstić information content (AvgIpc) is 2.80. The molecular weight excluding hydrogens is 320 g/mol. The average molecular weight is 342 g/mol. The van der Waals surface area contributed by atoms with Gasteiger partial charge in [-0.3, -0.25) is 0 Å². The minimum absolute atomic E-state index is 0.668. The Bertz CT molecular complexity index is 393. The van der Waals surface area contributed by atoms with Gasteiger partial charge in [0.1, 0.15) is 42.7 Å². The fourth-order valence-corrected chi connectivity index (χ4v) is 2.63. The first-order valence-corrected chi connectivity index (χ1v) is 7.05. The van der Waals surface area contributed by atoms with E-state index in [0.29, 0.717) is 0 Å². The summed E-state index contributed by atoms with van der Waals surface area (Å²) in [6.45, 7) is -2.32. The Balaban J connectivity index is 2.13. The van der Waals surface area contributed by atoms with E-state index < -0.39 is 74.6 Å². The van der Waals surface area contributed by atoms with Crippen LogP contribution in [0.5, 0.6) is 0 Å². The second kappa shape index (κ2) is 7.21. The number of aliphatic hydroxyl groups is 8. The van der Waals surface area contributed by atoms with Gasteiger partial charge in [-0.15, -0.1) is 0 Å². The maximum absolute atomic E-state index is 10.00. The van der Waals surface area contributed by atoms with Crippen molar-refractivity contribution in [3.8, 4) is 0 Å². The molecule has 0 bridgehead atoms. The van der Waals surface area contributed by atoms with Gasteiger partial charge < -0.3 is 55.1 Å². The lowest BCUT2D eigenvalue weighted by Crippen LogP contribution is -2.60. The number of aliphatic hydroxyl groups excluding tert-OH is 7. The Morgan fingerprint density at radius 2 is 1.48 bits per heavy atom. The Labute approximate surface area is 130 Å². The van der Waals surface area contributed by atoms with Crippen molar-refractivity contribution < 1.29 is 55.1 Å². The maximum Gasteiger partial charge on any atom is 0.219 e. The molecule has 9 atom stereocenters. The molecule has 8 N–H and O–H groups in total. The molecule has 2 unspecified atom stereocenters. The molecule has 2 aliphatic rings. The Morgan fingerprint density at radius 3 is 2.00 bits per heavy atom. The van der Waals surface area contributed by atoms with Gasteiger partial charge in [0.05, 0.1) is 19.8 Å². The molecule has 0 amide bonds. The van der Waals surface area contributed by atoms with Crippen molar-refractivity contribution in [1.82, 2.24) is 0 Å². The lowest BCUT2D eigenvalue weighted by atomic mass is 9.99. The lowest BCUT2D eigenvalue weighted by molar-refractivity contribution is -0.318. The van der Waals surface area contributed by atoms with E-state index in [2.05, 4.69) is 0 Å². The van der Waals surface area contributed by atoms with Crippen LogP contribution in [0.3, 0.4) is 0 Å². The molecular formula is C12H22O11. The fourth-order valence-electron chi connectivity index (χ4n) is 2.63. The Kier molecular flexibility index (Phi) is 5.92. The summed E-state index contributed by atoms with van der Waals surface area (Å²) < 4.78 is 15.3. The van der Waals surface area contributed by atoms with Crippen molar-refractivity contribution in [2.24, 2.45) is 0 Å². The summed E-state index contributed by atoms with van der Waals surface area (Å²) in [6, 6.07) is 0. The smallest absolute Gasteiger partial charge is 0.219 e. The molecule has 2 heterocycles. The highest BCUT2D eigenvalue weighted by Crippen LogP contribution is 2.33. The van der Waals surface area contributed by atoms with E-state index in [0.717, 1.165) is 0 Å². The van der Waals surface area contributed by atoms with E-state index in [-0.39, 0.29) is 0 Å². The van der Waals surface area contributed by atoms with Crippen LogP contribution >= 0.6 is 0 Å². The second-order valence-electron chi connectivity index (χ2n) is 5.58. The normalized spacial score (nSPS) is 51.1. The molecule has 11 nitrogen and oxygen atoms in total. The molecule has 0 spiro atoms. The Morgan fingerprint density at radius 1 is 0.870 bits per heavy atom. The first-order valence-electron chi connectivity index (χ1n) is 7.05. The summed E-state index contributed by atoms with van der Waals surface area (Å²) in [7, 11) is 0. The van der Waals surface area contributed by atoms with Crippen molar-refractivity contribution in [3.05, 3.63) is 0 Å². The fraction of sp³-hybridized carbons (Fsp3) is 1.00. The van der Waals surface area contributed by atoms with Crippen LogP contribution in [0.15, 0.2) is 0 Å². The zero-order valence-corrected chi connectivity index (χ0v) is 12.0. The molecule has 0 aromatic heterocycles. The monoisotopic (exact) mass is 342 g/mol. The second-order valence-corrected chi connectivity index (χ2v) is 5.58. The number of hydrogen-bond donors (Lipinski definition) is 8. The van der Waals surface area contributed by atoms with Crippen LogP contribution in [0.1, 0.15) is 0 Å². The first-order chi connectivity index (χ1) is 10.8. The SMILES string of the molecule is OCC1O[C@@H](O[C@H]2[C@@H](CO)O[C@](O)(CO)[C@H]2O)C(O)[C@@H](O)[C@H]1O. The number of rotatable bonds is 5. The molecule has 2 aliphatic heterocycles. The van der Waals surface area contributed by atoms with Crippen molar-refractivity contribution in [3.63, 3.8) is 0 Å². The first kappa shape index (κ1) is 18.9. The molecule has 0 saturated carbocycles. The predicted octanol–water partition coefficient (Wildman–Crippen LogP) is -5.40. The van der Waals surface area contributed by atoms with Gasteiger partial charge in [-0.2, -0.15) is 0 Å². The summed E-state index contributed by atoms with van der Waals surface area (Å²) >= 11 is 0. The molecule has 136 valence electrons. The van der Waals surface area contributed by atoms with Gasteiger partial charge >= 0.3 is 0 Å². The van der Waals surface area contributed by atoms with Crippen molar-refractivity contribution in [2.75, 3.05) is 19.8 Å². The maximum atomic E-state index is 10.00. The summed E-state index contributed by atoms with van der Waals surface area (Å²) in [4.78, 5) is 0. The molecule has 0 aromatic rings. The summed E-state index contributed by atoms with van der Waals surface area (Å²) in [5.74, 6) is -2.37. The zero-order valence-electron chi connectivity index (χ0n) is 12.0. The van der Waals surface area contributed by atoms with Gasteiger partial charge in [0.25, 0.3) is 0 Å². The van der Waals surface area contributed by atoms with Crippen LogP contribution in [-0.4, -0.2) is 115 Å². The quantitative estimate of drug-likeness (QED) is 0.238. The van der Waals surface area contributed by atoms with Gasteiger partial charge in [-0.1, -0.05) is 0 Å². The molecule has 0 aliphatic carbocycles. The third kappa shape index (κ3) is 3.36. The van der Waals surface area contributed by atoms with Crippen LogP contribution in [-0.2, 0) is 14.2 Å².